The number of hydrogen-bond acceptors (Lipinski definition) is 5. The van der Waals surface area contributed by atoms with Crippen molar-refractivity contribution in [3.8, 4) is 0 Å². The van der Waals surface area contributed by atoms with Gasteiger partial charge in [-0.3, -0.25) is 4.79 Å². The maximum Gasteiger partial charge on any atom is 0.305 e. The monoisotopic (exact) mass is 342 g/mol. The number of rotatable bonds is 14. The van der Waals surface area contributed by atoms with Crippen LogP contribution in [0.1, 0.15) is 64.7 Å². The zero-order chi connectivity index (χ0) is 18.2. The Labute approximate surface area is 146 Å². The van der Waals surface area contributed by atoms with Gasteiger partial charge in [0.1, 0.15) is 0 Å². The van der Waals surface area contributed by atoms with Gasteiger partial charge in [-0.15, -0.1) is 0 Å². The number of aliphatic hydroxyl groups is 3. The van der Waals surface area contributed by atoms with Crippen molar-refractivity contribution in [1.82, 2.24) is 0 Å². The average molecular weight is 342 g/mol. The van der Waals surface area contributed by atoms with E-state index in [9.17, 15) is 20.1 Å². The van der Waals surface area contributed by atoms with Crippen LogP contribution in [0, 0.1) is 0 Å². The maximum atomic E-state index is 10.9. The Bertz CT molecular complexity index is 365. The predicted molar refractivity (Wildman–Crippen MR) is 95.5 cm³/mol. The van der Waals surface area contributed by atoms with E-state index in [1.54, 1.807) is 0 Å². The molecule has 3 unspecified atom stereocenters. The zero-order valence-corrected chi connectivity index (χ0v) is 15.1. The summed E-state index contributed by atoms with van der Waals surface area (Å²) in [6, 6.07) is 0. The van der Waals surface area contributed by atoms with E-state index < -0.39 is 18.3 Å². The number of carbonyl (C=O) groups excluding carboxylic acids is 1. The van der Waals surface area contributed by atoms with Crippen LogP contribution in [0.2, 0.25) is 0 Å². The van der Waals surface area contributed by atoms with Gasteiger partial charge in [0.05, 0.1) is 25.4 Å². The summed E-state index contributed by atoms with van der Waals surface area (Å²) in [5, 5.41) is 28.9. The Balaban J connectivity index is 3.60. The van der Waals surface area contributed by atoms with E-state index in [4.69, 9.17) is 0 Å². The lowest BCUT2D eigenvalue weighted by atomic mass is 10.1. The number of carbonyl (C=O) groups is 1. The number of methoxy groups -OCH3 is 1. The molecule has 3 atom stereocenters. The van der Waals surface area contributed by atoms with Crippen LogP contribution in [-0.2, 0) is 9.53 Å². The van der Waals surface area contributed by atoms with Crippen molar-refractivity contribution >= 4 is 5.97 Å². The number of aliphatic hydroxyl groups excluding tert-OH is 3. The van der Waals surface area contributed by atoms with Crippen molar-refractivity contribution in [3.63, 3.8) is 0 Å². The van der Waals surface area contributed by atoms with Crippen LogP contribution >= 0.6 is 0 Å². The SMILES string of the molecule is CCC(O)C=CC(O)C(O)CC=CCCCCCCCC(=O)OC. The fraction of sp³-hybridized carbons (Fsp3) is 0.737. The smallest absolute Gasteiger partial charge is 0.305 e. The third-order valence-electron chi connectivity index (χ3n) is 3.87. The highest BCUT2D eigenvalue weighted by atomic mass is 16.5. The molecule has 3 N–H and O–H groups in total. The van der Waals surface area contributed by atoms with Gasteiger partial charge in [0.25, 0.3) is 0 Å². The Morgan fingerprint density at radius 1 is 1.00 bits per heavy atom. The highest BCUT2D eigenvalue weighted by molar-refractivity contribution is 5.68. The van der Waals surface area contributed by atoms with Gasteiger partial charge in [0, 0.05) is 6.42 Å². The number of esters is 1. The Kier molecular flexibility index (Phi) is 14.6. The van der Waals surface area contributed by atoms with Crippen molar-refractivity contribution in [1.29, 1.82) is 0 Å². The lowest BCUT2D eigenvalue weighted by Crippen LogP contribution is -2.23. The summed E-state index contributed by atoms with van der Waals surface area (Å²) < 4.78 is 4.59. The standard InChI is InChI=1S/C19H34O5/c1-3-16(20)14-15-18(22)17(21)12-10-8-6-4-5-7-9-11-13-19(23)24-2/h8,10,14-18,20-22H,3-7,9,11-13H2,1-2H3. The molecule has 140 valence electrons. The van der Waals surface area contributed by atoms with Crippen LogP contribution in [0.5, 0.6) is 0 Å². The summed E-state index contributed by atoms with van der Waals surface area (Å²) in [6.07, 6.45) is 12.1. The molecule has 0 aliphatic heterocycles. The van der Waals surface area contributed by atoms with Crippen LogP contribution < -0.4 is 0 Å². The summed E-state index contributed by atoms with van der Waals surface area (Å²) >= 11 is 0. The van der Waals surface area contributed by atoms with Crippen LogP contribution in [0.25, 0.3) is 0 Å². The highest BCUT2D eigenvalue weighted by Crippen LogP contribution is 2.09. The van der Waals surface area contributed by atoms with E-state index >= 15 is 0 Å². The number of hydrogen-bond donors (Lipinski definition) is 3. The van der Waals surface area contributed by atoms with Crippen molar-refractivity contribution < 1.29 is 24.9 Å². The molecule has 0 aliphatic carbocycles. The van der Waals surface area contributed by atoms with Gasteiger partial charge in [-0.1, -0.05) is 50.5 Å². The van der Waals surface area contributed by atoms with Crippen molar-refractivity contribution in [2.24, 2.45) is 0 Å². The fourth-order valence-corrected chi connectivity index (χ4v) is 2.16. The highest BCUT2D eigenvalue weighted by Gasteiger charge is 2.11. The Morgan fingerprint density at radius 3 is 2.33 bits per heavy atom. The molecule has 5 nitrogen and oxygen atoms in total. The molecular weight excluding hydrogens is 308 g/mol. The van der Waals surface area contributed by atoms with Crippen molar-refractivity contribution in [2.45, 2.75) is 83.0 Å². The average Bonchev–Trinajstić information content (AvgIpc) is 2.60. The van der Waals surface area contributed by atoms with Gasteiger partial charge in [-0.2, -0.15) is 0 Å². The van der Waals surface area contributed by atoms with E-state index in [1.807, 2.05) is 19.1 Å². The topological polar surface area (TPSA) is 87.0 Å². The number of ether oxygens (including phenoxy) is 1. The van der Waals surface area contributed by atoms with Gasteiger partial charge in [0.2, 0.25) is 0 Å². The maximum absolute atomic E-state index is 10.9. The zero-order valence-electron chi connectivity index (χ0n) is 15.1. The molecule has 24 heavy (non-hydrogen) atoms. The largest absolute Gasteiger partial charge is 0.469 e. The van der Waals surface area contributed by atoms with E-state index in [-0.39, 0.29) is 5.97 Å². The molecule has 0 saturated heterocycles. The third kappa shape index (κ3) is 13.3. The molecule has 0 radical (unpaired) electrons. The van der Waals surface area contributed by atoms with E-state index in [0.717, 1.165) is 38.5 Å². The van der Waals surface area contributed by atoms with Crippen LogP contribution in [-0.4, -0.2) is 46.7 Å². The molecule has 0 aromatic rings. The third-order valence-corrected chi connectivity index (χ3v) is 3.87. The molecule has 5 heteroatoms. The Morgan fingerprint density at radius 2 is 1.67 bits per heavy atom. The summed E-state index contributed by atoms with van der Waals surface area (Å²) in [5.74, 6) is -0.141. The molecular formula is C19H34O5. The molecule has 0 saturated carbocycles. The first-order valence-electron chi connectivity index (χ1n) is 8.95. The van der Waals surface area contributed by atoms with Gasteiger partial charge in [-0.05, 0) is 32.1 Å². The molecule has 0 rings (SSSR count). The van der Waals surface area contributed by atoms with Crippen molar-refractivity contribution in [2.75, 3.05) is 7.11 Å². The molecule has 0 aliphatic rings. The fourth-order valence-electron chi connectivity index (χ4n) is 2.16. The lowest BCUT2D eigenvalue weighted by molar-refractivity contribution is -0.140. The van der Waals surface area contributed by atoms with Crippen molar-refractivity contribution in [3.05, 3.63) is 24.3 Å². The van der Waals surface area contributed by atoms with Gasteiger partial charge < -0.3 is 20.1 Å². The molecule has 0 fully saturated rings. The van der Waals surface area contributed by atoms with E-state index in [0.29, 0.717) is 19.3 Å². The second kappa shape index (κ2) is 15.4. The van der Waals surface area contributed by atoms with Crippen LogP contribution in [0.4, 0.5) is 0 Å². The molecule has 0 heterocycles. The van der Waals surface area contributed by atoms with Gasteiger partial charge in [0.15, 0.2) is 0 Å². The first kappa shape index (κ1) is 22.8. The lowest BCUT2D eigenvalue weighted by Gasteiger charge is -2.12. The van der Waals surface area contributed by atoms with Crippen LogP contribution in [0.15, 0.2) is 24.3 Å². The molecule has 0 spiro atoms. The van der Waals surface area contributed by atoms with E-state index in [2.05, 4.69) is 4.74 Å². The van der Waals surface area contributed by atoms with Crippen LogP contribution in [0.3, 0.4) is 0 Å². The molecule has 0 aromatic heterocycles. The minimum absolute atomic E-state index is 0.141. The quantitative estimate of drug-likeness (QED) is 0.257. The number of unbranched alkanes of at least 4 members (excludes halogenated alkanes) is 5. The van der Waals surface area contributed by atoms with Gasteiger partial charge >= 0.3 is 5.97 Å². The predicted octanol–water partition coefficient (Wildman–Crippen LogP) is 2.89. The first-order chi connectivity index (χ1) is 11.5. The molecule has 0 amide bonds. The minimum Gasteiger partial charge on any atom is -0.469 e. The van der Waals surface area contributed by atoms with Gasteiger partial charge in [-0.25, -0.2) is 0 Å². The summed E-state index contributed by atoms with van der Waals surface area (Å²) in [4.78, 5) is 10.9. The number of allylic oxidation sites excluding steroid dienone is 1. The Hall–Kier alpha value is -1.17. The summed E-state index contributed by atoms with van der Waals surface area (Å²) in [6.45, 7) is 1.85. The molecule has 0 aromatic carbocycles. The van der Waals surface area contributed by atoms with E-state index in [1.165, 1.54) is 19.3 Å². The summed E-state index contributed by atoms with van der Waals surface area (Å²) in [5.41, 5.74) is 0. The summed E-state index contributed by atoms with van der Waals surface area (Å²) in [7, 11) is 1.41. The minimum atomic E-state index is -0.953. The second-order valence-electron chi connectivity index (χ2n) is 6.01. The first-order valence-corrected chi connectivity index (χ1v) is 8.95. The molecule has 0 bridgehead atoms. The second-order valence-corrected chi connectivity index (χ2v) is 6.01. The normalized spacial score (nSPS) is 15.7.